The molecule has 2 atom stereocenters. The Bertz CT molecular complexity index is 333. The van der Waals surface area contributed by atoms with Crippen LogP contribution in [-0.2, 0) is 9.53 Å². The van der Waals surface area contributed by atoms with E-state index in [0.717, 1.165) is 44.9 Å². The van der Waals surface area contributed by atoms with E-state index in [1.807, 2.05) is 0 Å². The van der Waals surface area contributed by atoms with E-state index in [-0.39, 0.29) is 0 Å². The molecule has 0 radical (unpaired) electrons. The number of unbranched alkanes of at least 4 members (excludes halogenated alkanes) is 5. The molecular weight excluding hydrogens is 264 g/mol. The van der Waals surface area contributed by atoms with Gasteiger partial charge in [-0.2, -0.15) is 0 Å². The summed E-state index contributed by atoms with van der Waals surface area (Å²) < 4.78 is 5.60. The Morgan fingerprint density at radius 3 is 2.24 bits per heavy atom. The normalized spacial score (nSPS) is 21.4. The largest absolute Gasteiger partial charge is 0.481 e. The summed E-state index contributed by atoms with van der Waals surface area (Å²) in [4.78, 5) is 10.3. The molecule has 0 saturated carbocycles. The lowest BCUT2D eigenvalue weighted by Gasteiger charge is -1.98. The summed E-state index contributed by atoms with van der Waals surface area (Å²) in [5.41, 5.74) is 0. The minimum atomic E-state index is -0.677. The minimum Gasteiger partial charge on any atom is -0.481 e. The molecule has 1 heterocycles. The van der Waals surface area contributed by atoms with Crippen LogP contribution in [-0.4, -0.2) is 23.3 Å². The number of aliphatic carboxylic acids is 1. The van der Waals surface area contributed by atoms with Crippen molar-refractivity contribution in [2.45, 2.75) is 83.3 Å². The van der Waals surface area contributed by atoms with Crippen LogP contribution in [0.5, 0.6) is 0 Å². The van der Waals surface area contributed by atoms with E-state index < -0.39 is 5.97 Å². The van der Waals surface area contributed by atoms with Gasteiger partial charge in [-0.3, -0.25) is 4.79 Å². The van der Waals surface area contributed by atoms with Crippen molar-refractivity contribution in [2.75, 3.05) is 0 Å². The molecular formula is C18H30O3. The minimum absolute atomic E-state index is 0.315. The number of carbonyl (C=O) groups is 1. The smallest absolute Gasteiger partial charge is 0.303 e. The third-order valence-electron chi connectivity index (χ3n) is 3.75. The van der Waals surface area contributed by atoms with Gasteiger partial charge in [-0.1, -0.05) is 50.5 Å². The zero-order valence-electron chi connectivity index (χ0n) is 13.3. The number of carboxylic acid groups (broad SMARTS) is 1. The zero-order valence-corrected chi connectivity index (χ0v) is 13.3. The van der Waals surface area contributed by atoms with Crippen LogP contribution >= 0.6 is 0 Å². The van der Waals surface area contributed by atoms with Gasteiger partial charge in [0.05, 0.1) is 12.2 Å². The fourth-order valence-corrected chi connectivity index (χ4v) is 2.41. The number of ether oxygens (including phenoxy) is 1. The number of rotatable bonds is 13. The molecule has 0 aromatic heterocycles. The Hall–Kier alpha value is -1.09. The highest BCUT2D eigenvalue weighted by Gasteiger charge is 2.35. The van der Waals surface area contributed by atoms with Gasteiger partial charge in [-0.25, -0.2) is 0 Å². The first kappa shape index (κ1) is 18.0. The maximum atomic E-state index is 10.3. The number of hydrogen-bond acceptors (Lipinski definition) is 2. The van der Waals surface area contributed by atoms with Crippen molar-refractivity contribution in [3.05, 3.63) is 24.3 Å². The Morgan fingerprint density at radius 1 is 0.952 bits per heavy atom. The molecule has 1 N–H and O–H groups in total. The van der Waals surface area contributed by atoms with E-state index in [2.05, 4.69) is 31.2 Å². The number of epoxide rings is 1. The van der Waals surface area contributed by atoms with Gasteiger partial charge in [0.25, 0.3) is 0 Å². The van der Waals surface area contributed by atoms with Gasteiger partial charge in [0, 0.05) is 6.42 Å². The van der Waals surface area contributed by atoms with E-state index in [1.165, 1.54) is 12.8 Å². The number of carboxylic acids is 1. The van der Waals surface area contributed by atoms with Gasteiger partial charge in [0.1, 0.15) is 0 Å². The fraction of sp³-hybridized carbons (Fsp3) is 0.722. The third-order valence-corrected chi connectivity index (χ3v) is 3.75. The van der Waals surface area contributed by atoms with Crippen LogP contribution in [0.15, 0.2) is 24.3 Å². The van der Waals surface area contributed by atoms with Crippen molar-refractivity contribution in [3.8, 4) is 0 Å². The maximum absolute atomic E-state index is 10.3. The van der Waals surface area contributed by atoms with Gasteiger partial charge < -0.3 is 9.84 Å². The van der Waals surface area contributed by atoms with Gasteiger partial charge in [-0.05, 0) is 38.5 Å². The maximum Gasteiger partial charge on any atom is 0.303 e. The molecule has 21 heavy (non-hydrogen) atoms. The van der Waals surface area contributed by atoms with Gasteiger partial charge in [-0.15, -0.1) is 0 Å². The van der Waals surface area contributed by atoms with Crippen molar-refractivity contribution >= 4 is 5.97 Å². The molecule has 3 nitrogen and oxygen atoms in total. The van der Waals surface area contributed by atoms with Crippen LogP contribution in [0.4, 0.5) is 0 Å². The number of hydrogen-bond donors (Lipinski definition) is 1. The summed E-state index contributed by atoms with van der Waals surface area (Å²) >= 11 is 0. The highest BCUT2D eigenvalue weighted by atomic mass is 16.6. The van der Waals surface area contributed by atoms with Crippen molar-refractivity contribution in [2.24, 2.45) is 0 Å². The van der Waals surface area contributed by atoms with Gasteiger partial charge in [0.15, 0.2) is 0 Å². The first-order chi connectivity index (χ1) is 10.2. The van der Waals surface area contributed by atoms with Crippen LogP contribution in [0.25, 0.3) is 0 Å². The van der Waals surface area contributed by atoms with Crippen LogP contribution < -0.4 is 0 Å². The van der Waals surface area contributed by atoms with Crippen LogP contribution in [0.3, 0.4) is 0 Å². The highest BCUT2D eigenvalue weighted by Crippen LogP contribution is 2.29. The Kier molecular flexibility index (Phi) is 9.88. The van der Waals surface area contributed by atoms with E-state index in [0.29, 0.717) is 18.6 Å². The first-order valence-electron chi connectivity index (χ1n) is 8.41. The van der Waals surface area contributed by atoms with Crippen LogP contribution in [0.2, 0.25) is 0 Å². The quantitative estimate of drug-likeness (QED) is 0.299. The predicted octanol–water partition coefficient (Wildman–Crippen LogP) is 4.87. The van der Waals surface area contributed by atoms with Crippen molar-refractivity contribution in [1.82, 2.24) is 0 Å². The molecule has 1 rings (SSSR count). The van der Waals surface area contributed by atoms with E-state index in [9.17, 15) is 4.79 Å². The van der Waals surface area contributed by atoms with Gasteiger partial charge >= 0.3 is 5.97 Å². The van der Waals surface area contributed by atoms with Crippen LogP contribution in [0, 0.1) is 0 Å². The molecule has 0 aromatic carbocycles. The standard InChI is InChI=1S/C18H30O3/c1-2-3-10-13-16-17(21-16)14-11-8-6-4-5-7-9-12-15-18(19)20/h3,8,10-11,16-17H,2,4-7,9,12-15H2,1H3,(H,19,20)/b10-3-,11-8-/t16-,17-/m0/s1. The molecule has 0 unspecified atom stereocenters. The van der Waals surface area contributed by atoms with E-state index in [4.69, 9.17) is 9.84 Å². The summed E-state index contributed by atoms with van der Waals surface area (Å²) in [7, 11) is 0. The second kappa shape index (κ2) is 11.6. The summed E-state index contributed by atoms with van der Waals surface area (Å²) in [6.45, 7) is 2.15. The molecule has 0 spiro atoms. The molecule has 1 saturated heterocycles. The molecule has 0 amide bonds. The Labute approximate surface area is 129 Å². The molecule has 1 aliphatic heterocycles. The van der Waals surface area contributed by atoms with E-state index in [1.54, 1.807) is 0 Å². The second-order valence-corrected chi connectivity index (χ2v) is 5.74. The third kappa shape index (κ3) is 10.3. The summed E-state index contributed by atoms with van der Waals surface area (Å²) in [6, 6.07) is 0. The van der Waals surface area contributed by atoms with Gasteiger partial charge in [0.2, 0.25) is 0 Å². The lowest BCUT2D eigenvalue weighted by Crippen LogP contribution is -1.93. The number of allylic oxidation sites excluding steroid dienone is 2. The zero-order chi connectivity index (χ0) is 15.3. The molecule has 0 aliphatic carbocycles. The van der Waals surface area contributed by atoms with Crippen LogP contribution in [0.1, 0.15) is 71.1 Å². The molecule has 3 heteroatoms. The topological polar surface area (TPSA) is 49.8 Å². The average Bonchev–Trinajstić information content (AvgIpc) is 3.19. The SMILES string of the molecule is CC/C=C\C[C@@H]1O[C@H]1C/C=C\CCCCCCCC(=O)O. The van der Waals surface area contributed by atoms with Crippen molar-refractivity contribution in [3.63, 3.8) is 0 Å². The second-order valence-electron chi connectivity index (χ2n) is 5.74. The summed E-state index contributed by atoms with van der Waals surface area (Å²) in [5, 5.41) is 8.52. The van der Waals surface area contributed by atoms with Crippen molar-refractivity contribution in [1.29, 1.82) is 0 Å². The first-order valence-corrected chi connectivity index (χ1v) is 8.41. The predicted molar refractivity (Wildman–Crippen MR) is 86.4 cm³/mol. The molecule has 0 aromatic rings. The summed E-state index contributed by atoms with van der Waals surface area (Å²) in [6.07, 6.45) is 19.9. The van der Waals surface area contributed by atoms with E-state index >= 15 is 0 Å². The Morgan fingerprint density at radius 2 is 1.57 bits per heavy atom. The lowest BCUT2D eigenvalue weighted by molar-refractivity contribution is -0.137. The molecule has 120 valence electrons. The lowest BCUT2D eigenvalue weighted by atomic mass is 10.1. The molecule has 1 aliphatic rings. The Balaban J connectivity index is 1.84. The monoisotopic (exact) mass is 294 g/mol. The van der Waals surface area contributed by atoms with Crippen molar-refractivity contribution < 1.29 is 14.6 Å². The average molecular weight is 294 g/mol. The molecule has 1 fully saturated rings. The summed E-state index contributed by atoms with van der Waals surface area (Å²) in [5.74, 6) is -0.677. The fourth-order valence-electron chi connectivity index (χ4n) is 2.41. The highest BCUT2D eigenvalue weighted by molar-refractivity contribution is 5.66. The molecule has 0 bridgehead atoms.